The van der Waals surface area contributed by atoms with Crippen molar-refractivity contribution in [1.82, 2.24) is 10.1 Å². The third-order valence-electron chi connectivity index (χ3n) is 1.71. The molecule has 0 saturated carbocycles. The van der Waals surface area contributed by atoms with Crippen molar-refractivity contribution in [3.05, 3.63) is 61.5 Å². The molecular weight excluding hydrogens is 276 g/mol. The maximum Gasteiger partial charge on any atom is 0.257 e. The van der Waals surface area contributed by atoms with Gasteiger partial charge in [0.2, 0.25) is 0 Å². The number of nitrogens with two attached hydrogens (primary N) is 2. The fourth-order valence-corrected chi connectivity index (χ4v) is 0.995. The van der Waals surface area contributed by atoms with Gasteiger partial charge in [-0.2, -0.15) is 4.98 Å². The second-order valence-electron chi connectivity index (χ2n) is 2.98. The van der Waals surface area contributed by atoms with Crippen molar-refractivity contribution in [2.45, 2.75) is 34.6 Å². The lowest BCUT2D eigenvalue weighted by Gasteiger charge is -1.89. The summed E-state index contributed by atoms with van der Waals surface area (Å²) in [5, 5.41) is 3.71. The number of benzene rings is 1. The van der Waals surface area contributed by atoms with Gasteiger partial charge in [0.25, 0.3) is 5.89 Å². The molecule has 1 heterocycles. The molecule has 0 aliphatic rings. The van der Waals surface area contributed by atoms with Crippen molar-refractivity contribution in [2.75, 3.05) is 0 Å². The Balaban J connectivity index is -0.000000307. The smallest absolute Gasteiger partial charge is 0.257 e. The number of hydrazine groups is 1. The van der Waals surface area contributed by atoms with Crippen LogP contribution in [0.3, 0.4) is 0 Å². The second-order valence-corrected chi connectivity index (χ2v) is 2.98. The number of nitrogens with zero attached hydrogens (tertiary/aromatic N) is 2. The van der Waals surface area contributed by atoms with Gasteiger partial charge < -0.3 is 4.52 Å². The number of aryl methyl sites for hydroxylation is 1. The molecule has 0 amide bonds. The van der Waals surface area contributed by atoms with Crippen LogP contribution < -0.4 is 11.7 Å². The second kappa shape index (κ2) is 21.1. The van der Waals surface area contributed by atoms with Crippen LogP contribution in [0.5, 0.6) is 0 Å². The van der Waals surface area contributed by atoms with Crippen molar-refractivity contribution in [2.24, 2.45) is 11.7 Å². The Hall–Kier alpha value is -2.24. The molecule has 0 bridgehead atoms. The summed E-state index contributed by atoms with van der Waals surface area (Å²) in [6, 6.07) is 9.70. The number of allylic oxidation sites excluding steroid dienone is 2. The zero-order valence-electron chi connectivity index (χ0n) is 14.4. The van der Waals surface area contributed by atoms with E-state index in [2.05, 4.69) is 35.0 Å². The molecule has 5 nitrogen and oxygen atoms in total. The van der Waals surface area contributed by atoms with E-state index < -0.39 is 0 Å². The molecule has 1 aromatic heterocycles. The standard InChI is InChI=1S/C9H8N2O.C4H6.2C2H6.H4N2/c1-7-10-9(12-11-7)8-5-3-2-4-6-8;1-3-4-2;3*1-2/h2-6H,1H3;3-4H,1-2H2;2*1-2H3;1-2H2. The van der Waals surface area contributed by atoms with Crippen LogP contribution in [0, 0.1) is 6.92 Å². The topological polar surface area (TPSA) is 91.0 Å². The van der Waals surface area contributed by atoms with Crippen LogP contribution in [0.1, 0.15) is 33.5 Å². The fraction of sp³-hybridized carbons (Fsp3) is 0.294. The first kappa shape index (κ1) is 24.8. The molecule has 0 radical (unpaired) electrons. The molecule has 0 spiro atoms. The lowest BCUT2D eigenvalue weighted by Crippen LogP contribution is -2.02. The van der Waals surface area contributed by atoms with Gasteiger partial charge in [-0.25, -0.2) is 0 Å². The molecular formula is C17H30N4O. The van der Waals surface area contributed by atoms with E-state index in [1.807, 2.05) is 58.0 Å². The summed E-state index contributed by atoms with van der Waals surface area (Å²) in [7, 11) is 0. The zero-order chi connectivity index (χ0) is 17.8. The van der Waals surface area contributed by atoms with Crippen molar-refractivity contribution < 1.29 is 4.52 Å². The zero-order valence-corrected chi connectivity index (χ0v) is 14.4. The first-order valence-corrected chi connectivity index (χ1v) is 7.20. The Morgan fingerprint density at radius 2 is 1.41 bits per heavy atom. The summed E-state index contributed by atoms with van der Waals surface area (Å²) >= 11 is 0. The minimum atomic E-state index is 0.577. The highest BCUT2D eigenvalue weighted by molar-refractivity contribution is 5.51. The van der Waals surface area contributed by atoms with Gasteiger partial charge in [0.1, 0.15) is 0 Å². The van der Waals surface area contributed by atoms with E-state index in [1.54, 1.807) is 19.1 Å². The average Bonchev–Trinajstić information content (AvgIpc) is 3.08. The number of rotatable bonds is 2. The quantitative estimate of drug-likeness (QED) is 0.491. The molecule has 2 rings (SSSR count). The van der Waals surface area contributed by atoms with E-state index >= 15 is 0 Å². The molecule has 0 unspecified atom stereocenters. The van der Waals surface area contributed by atoms with Crippen molar-refractivity contribution in [3.8, 4) is 11.5 Å². The van der Waals surface area contributed by atoms with Crippen molar-refractivity contribution >= 4 is 0 Å². The summed E-state index contributed by atoms with van der Waals surface area (Å²) in [5.74, 6) is 9.24. The molecule has 0 saturated heterocycles. The fourth-order valence-electron chi connectivity index (χ4n) is 0.995. The molecule has 0 aliphatic heterocycles. The average molecular weight is 306 g/mol. The van der Waals surface area contributed by atoms with Crippen LogP contribution in [-0.2, 0) is 0 Å². The Morgan fingerprint density at radius 3 is 1.73 bits per heavy atom. The molecule has 22 heavy (non-hydrogen) atoms. The van der Waals surface area contributed by atoms with E-state index in [0.717, 1.165) is 5.56 Å². The number of aromatic nitrogens is 2. The monoisotopic (exact) mass is 306 g/mol. The summed E-state index contributed by atoms with van der Waals surface area (Å²) in [6.07, 6.45) is 3.28. The minimum Gasteiger partial charge on any atom is -0.334 e. The largest absolute Gasteiger partial charge is 0.334 e. The Kier molecular flexibility index (Phi) is 23.7. The summed E-state index contributed by atoms with van der Waals surface area (Å²) in [5.41, 5.74) is 0.957. The molecule has 124 valence electrons. The van der Waals surface area contributed by atoms with Gasteiger partial charge in [-0.1, -0.05) is 76.4 Å². The number of hydrogen-bond acceptors (Lipinski definition) is 5. The minimum absolute atomic E-state index is 0.577. The summed E-state index contributed by atoms with van der Waals surface area (Å²) < 4.78 is 4.99. The molecule has 4 N–H and O–H groups in total. The highest BCUT2D eigenvalue weighted by Gasteiger charge is 2.03. The molecule has 2 aromatic rings. The van der Waals surface area contributed by atoms with Crippen LogP contribution in [0.15, 0.2) is 60.2 Å². The van der Waals surface area contributed by atoms with Crippen LogP contribution in [0.25, 0.3) is 11.5 Å². The van der Waals surface area contributed by atoms with E-state index in [1.165, 1.54) is 0 Å². The van der Waals surface area contributed by atoms with E-state index in [4.69, 9.17) is 4.52 Å². The lowest BCUT2D eigenvalue weighted by molar-refractivity contribution is 0.425. The third-order valence-corrected chi connectivity index (χ3v) is 1.71. The van der Waals surface area contributed by atoms with Crippen LogP contribution >= 0.6 is 0 Å². The molecule has 1 aromatic carbocycles. The van der Waals surface area contributed by atoms with E-state index in [9.17, 15) is 0 Å². The van der Waals surface area contributed by atoms with Crippen molar-refractivity contribution in [3.63, 3.8) is 0 Å². The first-order chi connectivity index (χ1) is 10.8. The third kappa shape index (κ3) is 12.8. The molecule has 5 heteroatoms. The van der Waals surface area contributed by atoms with Gasteiger partial charge in [0, 0.05) is 5.56 Å². The summed E-state index contributed by atoms with van der Waals surface area (Å²) in [4.78, 5) is 4.10. The molecule has 0 fully saturated rings. The normalized spacial score (nSPS) is 7.23. The highest BCUT2D eigenvalue weighted by Crippen LogP contribution is 2.15. The summed E-state index contributed by atoms with van der Waals surface area (Å²) in [6.45, 7) is 16.5. The predicted molar refractivity (Wildman–Crippen MR) is 95.9 cm³/mol. The van der Waals surface area contributed by atoms with Gasteiger partial charge >= 0.3 is 0 Å². The maximum atomic E-state index is 4.99. The van der Waals surface area contributed by atoms with Crippen LogP contribution in [-0.4, -0.2) is 10.1 Å². The van der Waals surface area contributed by atoms with Gasteiger partial charge in [-0.15, -0.1) is 0 Å². The van der Waals surface area contributed by atoms with Crippen LogP contribution in [0.4, 0.5) is 0 Å². The van der Waals surface area contributed by atoms with Crippen molar-refractivity contribution in [1.29, 1.82) is 0 Å². The first-order valence-electron chi connectivity index (χ1n) is 7.20. The maximum absolute atomic E-state index is 4.99. The SMILES string of the molecule is C=CC=C.CC.CC.Cc1noc(-c2ccccc2)n1.NN. The molecule has 0 aliphatic carbocycles. The van der Waals surface area contributed by atoms with Gasteiger partial charge in [-0.3, -0.25) is 11.7 Å². The lowest BCUT2D eigenvalue weighted by atomic mass is 10.2. The Labute approximate surface area is 134 Å². The van der Waals surface area contributed by atoms with Gasteiger partial charge in [0.05, 0.1) is 0 Å². The predicted octanol–water partition coefficient (Wildman–Crippen LogP) is 4.27. The number of hydrogen-bond donors (Lipinski definition) is 2. The van der Waals surface area contributed by atoms with Crippen LogP contribution in [0.2, 0.25) is 0 Å². The van der Waals surface area contributed by atoms with Gasteiger partial charge in [0.15, 0.2) is 5.82 Å². The molecule has 0 atom stereocenters. The highest BCUT2D eigenvalue weighted by atomic mass is 16.5. The van der Waals surface area contributed by atoms with E-state index in [-0.39, 0.29) is 0 Å². The Morgan fingerprint density at radius 1 is 0.955 bits per heavy atom. The van der Waals surface area contributed by atoms with E-state index in [0.29, 0.717) is 11.7 Å². The Bertz CT molecular complexity index is 447. The van der Waals surface area contributed by atoms with Gasteiger partial charge in [-0.05, 0) is 19.1 Å².